The molecule has 0 aliphatic rings. The number of nitrogens with zero attached hydrogens (tertiary/aromatic N) is 6. The van der Waals surface area contributed by atoms with Crippen LogP contribution in [0, 0.1) is 0 Å². The Morgan fingerprint density at radius 2 is 0.591 bits per heavy atom. The minimum Gasteiger partial charge on any atom is -0.309 e. The van der Waals surface area contributed by atoms with Crippen molar-refractivity contribution >= 4 is 120 Å². The summed E-state index contributed by atoms with van der Waals surface area (Å²) in [4.78, 5) is 11.3. The number of para-hydroxylation sites is 6. The first kappa shape index (κ1) is 48.5. The van der Waals surface area contributed by atoms with Gasteiger partial charge in [-0.25, -0.2) is 9.97 Å². The first-order chi connectivity index (χ1) is 43.6. The second-order valence-electron chi connectivity index (χ2n) is 23.3. The molecule has 408 valence electrons. The Morgan fingerprint density at radius 3 is 1.17 bits per heavy atom. The van der Waals surface area contributed by atoms with Crippen LogP contribution in [-0.2, 0) is 0 Å². The molecule has 88 heavy (non-hydrogen) atoms. The van der Waals surface area contributed by atoms with Crippen LogP contribution < -0.4 is 0 Å². The highest BCUT2D eigenvalue weighted by molar-refractivity contribution is 6.16. The lowest BCUT2D eigenvalue weighted by Crippen LogP contribution is -2.03. The molecule has 0 radical (unpaired) electrons. The number of hydrogen-bond donors (Lipinski definition) is 0. The van der Waals surface area contributed by atoms with Crippen molar-refractivity contribution in [2.75, 3.05) is 0 Å². The van der Waals surface area contributed by atoms with Crippen LogP contribution in [-0.4, -0.2) is 28.2 Å². The zero-order valence-corrected chi connectivity index (χ0v) is 47.6. The van der Waals surface area contributed by atoms with E-state index in [0.29, 0.717) is 5.82 Å². The predicted octanol–water partition coefficient (Wildman–Crippen LogP) is 21.3. The van der Waals surface area contributed by atoms with Crippen LogP contribution in [0.5, 0.6) is 0 Å². The molecule has 6 heteroatoms. The molecular weight excluding hydrogens is 1070 g/mol. The Kier molecular flexibility index (Phi) is 10.4. The van der Waals surface area contributed by atoms with Gasteiger partial charge in [0, 0.05) is 76.5 Å². The van der Waals surface area contributed by atoms with Crippen molar-refractivity contribution in [3.8, 4) is 56.5 Å². The van der Waals surface area contributed by atoms with Crippen molar-refractivity contribution in [1.82, 2.24) is 28.2 Å². The molecule has 0 amide bonds. The zero-order valence-electron chi connectivity index (χ0n) is 47.6. The number of aromatic nitrogens is 6. The van der Waals surface area contributed by atoms with E-state index in [-0.39, 0.29) is 0 Å². The number of hydrogen-bond acceptors (Lipinski definition) is 2. The van der Waals surface area contributed by atoms with Gasteiger partial charge in [0.2, 0.25) is 0 Å². The summed E-state index contributed by atoms with van der Waals surface area (Å²) in [5.41, 5.74) is 19.1. The van der Waals surface area contributed by atoms with Gasteiger partial charge in [-0.2, -0.15) is 0 Å². The van der Waals surface area contributed by atoms with E-state index in [4.69, 9.17) is 9.97 Å². The van der Waals surface area contributed by atoms with E-state index < -0.39 is 0 Å². The molecule has 0 unspecified atom stereocenters. The third kappa shape index (κ3) is 7.23. The van der Waals surface area contributed by atoms with Gasteiger partial charge in [-0.3, -0.25) is 4.57 Å². The molecule has 5 aromatic heterocycles. The van der Waals surface area contributed by atoms with Crippen LogP contribution in [0.2, 0.25) is 0 Å². The monoisotopic (exact) mass is 1120 g/mol. The van der Waals surface area contributed by atoms with Crippen molar-refractivity contribution in [2.45, 2.75) is 0 Å². The molecular formula is C82H50N6. The van der Waals surface area contributed by atoms with Crippen LogP contribution in [0.1, 0.15) is 0 Å². The van der Waals surface area contributed by atoms with Gasteiger partial charge in [0.15, 0.2) is 5.82 Å². The maximum absolute atomic E-state index is 5.72. The van der Waals surface area contributed by atoms with E-state index in [1.807, 2.05) is 0 Å². The van der Waals surface area contributed by atoms with Gasteiger partial charge in [-0.15, -0.1) is 0 Å². The molecule has 0 spiro atoms. The molecule has 0 saturated carbocycles. The summed E-state index contributed by atoms with van der Waals surface area (Å²) >= 11 is 0. The summed E-state index contributed by atoms with van der Waals surface area (Å²) in [6.45, 7) is 0. The third-order valence-electron chi connectivity index (χ3n) is 18.5. The van der Waals surface area contributed by atoms with Crippen molar-refractivity contribution in [1.29, 1.82) is 0 Å². The maximum atomic E-state index is 5.72. The summed E-state index contributed by atoms with van der Waals surface area (Å²) in [6.07, 6.45) is 0. The molecule has 0 bridgehead atoms. The van der Waals surface area contributed by atoms with Gasteiger partial charge in [-0.1, -0.05) is 194 Å². The molecule has 6 nitrogen and oxygen atoms in total. The van der Waals surface area contributed by atoms with Gasteiger partial charge >= 0.3 is 0 Å². The lowest BCUT2D eigenvalue weighted by Gasteiger charge is -2.15. The number of fused-ring (bicyclic) bond motifs is 16. The molecule has 14 aromatic carbocycles. The van der Waals surface area contributed by atoms with Gasteiger partial charge in [0.25, 0.3) is 0 Å². The Balaban J connectivity index is 0.769. The summed E-state index contributed by atoms with van der Waals surface area (Å²) in [6, 6.07) is 111. The second kappa shape index (κ2) is 18.8. The average molecular weight is 1120 g/mol. The highest BCUT2D eigenvalue weighted by Crippen LogP contribution is 2.43. The maximum Gasteiger partial charge on any atom is 0.162 e. The molecule has 0 N–H and O–H groups in total. The minimum absolute atomic E-state index is 0.666. The highest BCUT2D eigenvalue weighted by atomic mass is 15.1. The normalized spacial score (nSPS) is 12.1. The number of benzene rings is 14. The fourth-order valence-corrected chi connectivity index (χ4v) is 14.5. The SMILES string of the molecule is c1ccc(-n2c3ccccc3c3cc(-c4ccc5c6ccccc6n(-c6ccc7ccc(-c8nc(-n9c%10ccccc%10c%10ccc(-c%11ccc%12c(c%11)c%11ccccc%11n%12-c%11ccccc%11)cc%109)c9ccc%10ccccc%10c9n8)cc7c6)c5c4)ccc32)cc1. The first-order valence-electron chi connectivity index (χ1n) is 30.1. The topological polar surface area (TPSA) is 45.5 Å². The van der Waals surface area contributed by atoms with Gasteiger partial charge in [0.05, 0.1) is 49.7 Å². The van der Waals surface area contributed by atoms with Crippen molar-refractivity contribution in [3.05, 3.63) is 303 Å². The molecule has 0 aliphatic heterocycles. The lowest BCUT2D eigenvalue weighted by molar-refractivity contribution is 1.08. The van der Waals surface area contributed by atoms with Crippen LogP contribution in [0.4, 0.5) is 0 Å². The van der Waals surface area contributed by atoms with E-state index >= 15 is 0 Å². The second-order valence-corrected chi connectivity index (χ2v) is 23.3. The molecule has 19 aromatic rings. The predicted molar refractivity (Wildman–Crippen MR) is 368 cm³/mol. The summed E-state index contributed by atoms with van der Waals surface area (Å²) in [5, 5.41) is 15.1. The van der Waals surface area contributed by atoms with E-state index in [2.05, 4.69) is 322 Å². The number of rotatable bonds is 7. The van der Waals surface area contributed by atoms with E-state index in [0.717, 1.165) is 94.1 Å². The molecule has 0 aliphatic carbocycles. The Morgan fingerprint density at radius 1 is 0.193 bits per heavy atom. The fourth-order valence-electron chi connectivity index (χ4n) is 14.5. The smallest absolute Gasteiger partial charge is 0.162 e. The average Bonchev–Trinajstić information content (AvgIpc) is 1.70. The van der Waals surface area contributed by atoms with Crippen molar-refractivity contribution < 1.29 is 0 Å². The summed E-state index contributed by atoms with van der Waals surface area (Å²) in [5.74, 6) is 1.50. The lowest BCUT2D eigenvalue weighted by atomic mass is 10.0. The summed E-state index contributed by atoms with van der Waals surface area (Å²) in [7, 11) is 0. The molecule has 0 fully saturated rings. The van der Waals surface area contributed by atoms with Crippen LogP contribution in [0.15, 0.2) is 303 Å². The van der Waals surface area contributed by atoms with Crippen LogP contribution >= 0.6 is 0 Å². The van der Waals surface area contributed by atoms with E-state index in [1.54, 1.807) is 0 Å². The standard InChI is InChI=1S/C82H50N6/c1-3-18-59(19-4-1)85-73-28-14-11-25-65(73)70-47-53(37-43-76(70)85)55-35-40-67-63-23-9-13-27-72(63)87(78(67)49-55)61-39-33-51-31-32-57(45-58(51)46-61)81-83-80-62-22-8-7-17-52(62)34-42-69(80)82(84-81)88-75-30-16-10-24-64(75)68-41-36-56(50-79(68)88)54-38-44-77-71(48-54)66-26-12-15-29-74(66)86(77)60-20-5-2-6-21-60/h1-50H. The largest absolute Gasteiger partial charge is 0.309 e. The van der Waals surface area contributed by atoms with Crippen molar-refractivity contribution in [3.63, 3.8) is 0 Å². The third-order valence-corrected chi connectivity index (χ3v) is 18.5. The van der Waals surface area contributed by atoms with E-state index in [9.17, 15) is 0 Å². The van der Waals surface area contributed by atoms with E-state index in [1.165, 1.54) is 76.3 Å². The highest BCUT2D eigenvalue weighted by Gasteiger charge is 2.22. The minimum atomic E-state index is 0.666. The Hall–Kier alpha value is -11.9. The first-order valence-corrected chi connectivity index (χ1v) is 30.1. The molecule has 19 rings (SSSR count). The quantitative estimate of drug-likeness (QED) is 0.149. The van der Waals surface area contributed by atoms with Gasteiger partial charge < -0.3 is 13.7 Å². The molecule has 0 atom stereocenters. The Labute approximate surface area is 504 Å². The molecule has 0 saturated heterocycles. The zero-order chi connectivity index (χ0) is 57.6. The van der Waals surface area contributed by atoms with Gasteiger partial charge in [0.1, 0.15) is 5.82 Å². The van der Waals surface area contributed by atoms with Crippen molar-refractivity contribution in [2.24, 2.45) is 0 Å². The summed E-state index contributed by atoms with van der Waals surface area (Å²) < 4.78 is 9.58. The van der Waals surface area contributed by atoms with Crippen LogP contribution in [0.3, 0.4) is 0 Å². The fraction of sp³-hybridized carbons (Fsp3) is 0. The van der Waals surface area contributed by atoms with Crippen LogP contribution in [0.25, 0.3) is 176 Å². The van der Waals surface area contributed by atoms with Gasteiger partial charge in [-0.05, 0) is 148 Å². The Bertz CT molecular complexity index is 6120. The molecule has 5 heterocycles.